The largest absolute Gasteiger partial charge is 0.398 e. The first-order chi connectivity index (χ1) is 24.1. The van der Waals surface area contributed by atoms with Crippen LogP contribution in [0.25, 0.3) is 44.7 Å². The molecule has 1 aromatic heterocycles. The highest BCUT2D eigenvalue weighted by Gasteiger charge is 2.18. The van der Waals surface area contributed by atoms with Crippen LogP contribution in [-0.2, 0) is 6.42 Å². The van der Waals surface area contributed by atoms with E-state index in [2.05, 4.69) is 138 Å². The molecule has 1 atom stereocenters. The van der Waals surface area contributed by atoms with Gasteiger partial charge in [0.1, 0.15) is 0 Å². The first-order valence-corrected chi connectivity index (χ1v) is 17.2. The average molecular weight is 638 g/mol. The normalized spacial score (nSPS) is 18.9. The molecule has 1 aliphatic heterocycles. The van der Waals surface area contributed by atoms with Gasteiger partial charge in [-0.3, -0.25) is 0 Å². The minimum Gasteiger partial charge on any atom is -0.398 e. The summed E-state index contributed by atoms with van der Waals surface area (Å²) in [6, 6.07) is 30.8. The van der Waals surface area contributed by atoms with Crippen molar-refractivity contribution in [1.82, 2.24) is 9.88 Å². The van der Waals surface area contributed by atoms with E-state index in [1.54, 1.807) is 0 Å². The van der Waals surface area contributed by atoms with Crippen LogP contribution < -0.4 is 11.1 Å². The highest BCUT2D eigenvalue weighted by atomic mass is 15.0. The molecule has 0 radical (unpaired) electrons. The van der Waals surface area contributed by atoms with Crippen LogP contribution in [0.4, 0.5) is 5.69 Å². The maximum absolute atomic E-state index is 6.46. The van der Waals surface area contributed by atoms with Crippen molar-refractivity contribution in [1.29, 1.82) is 0 Å². The Morgan fingerprint density at radius 2 is 1.67 bits per heavy atom. The third-order valence-corrected chi connectivity index (χ3v) is 9.51. The lowest BCUT2D eigenvalue weighted by Crippen LogP contribution is -2.26. The monoisotopic (exact) mass is 637 g/mol. The number of nitrogens with two attached hydrogens (primary N) is 1. The predicted octanol–water partition coefficient (Wildman–Crippen LogP) is 11.3. The molecule has 7 rings (SSSR count). The van der Waals surface area contributed by atoms with Crippen molar-refractivity contribution >= 4 is 44.7 Å². The van der Waals surface area contributed by atoms with E-state index in [0.717, 1.165) is 42.6 Å². The summed E-state index contributed by atoms with van der Waals surface area (Å²) in [7, 11) is 0. The molecule has 242 valence electrons. The van der Waals surface area contributed by atoms with Crippen molar-refractivity contribution in [2.75, 3.05) is 5.73 Å². The van der Waals surface area contributed by atoms with Crippen molar-refractivity contribution in [2.45, 2.75) is 38.6 Å². The van der Waals surface area contributed by atoms with Gasteiger partial charge in [-0.25, -0.2) is 0 Å². The SMILES string of the molecule is C=C1CC/C(c2ccc3c4ccccc4n(-c4ccc(N)c(/C=C/C=C\C=C/C)c4)c3c2)=C\NC(/C=C2/C=CC=CC2)Cc2ccccc21. The maximum atomic E-state index is 6.46. The van der Waals surface area contributed by atoms with Gasteiger partial charge in [0.05, 0.1) is 11.0 Å². The van der Waals surface area contributed by atoms with E-state index in [-0.39, 0.29) is 6.04 Å². The number of hydrogen-bond donors (Lipinski definition) is 2. The molecular formula is C46H43N3. The summed E-state index contributed by atoms with van der Waals surface area (Å²) in [5, 5.41) is 6.31. The Hall–Kier alpha value is -5.80. The molecule has 2 heterocycles. The second-order valence-electron chi connectivity index (χ2n) is 12.8. The fourth-order valence-corrected chi connectivity index (χ4v) is 6.98. The molecule has 0 amide bonds. The molecule has 3 N–H and O–H groups in total. The molecule has 4 aromatic carbocycles. The third-order valence-electron chi connectivity index (χ3n) is 9.51. The smallest absolute Gasteiger partial charge is 0.0547 e. The maximum Gasteiger partial charge on any atom is 0.0547 e. The standard InChI is InChI=1S/C46H43N3/c1-3-4-5-6-10-18-37-30-40(25-27-44(37)47)49-45-21-14-13-20-42(45)43-26-24-35(31-46(43)49)38-23-22-33(2)41-19-12-11-17-36(41)29-39(48-32-38)28-34-15-8-7-9-16-34/h3-15,17-21,24-28,30-32,39,48H,2,16,22-23,29,47H2,1H3/b4-3-,6-5-,18-10+,34-28-,38-32+. The Kier molecular flexibility index (Phi) is 9.43. The van der Waals surface area contributed by atoms with Crippen LogP contribution in [0.15, 0.2) is 164 Å². The Labute approximate surface area is 290 Å². The topological polar surface area (TPSA) is 43.0 Å². The second kappa shape index (κ2) is 14.5. The number of rotatable bonds is 6. The molecule has 0 saturated carbocycles. The number of nitrogen functional groups attached to an aromatic ring is 1. The van der Waals surface area contributed by atoms with Gasteiger partial charge in [-0.05, 0) is 102 Å². The molecule has 1 unspecified atom stereocenters. The Morgan fingerprint density at radius 3 is 2.55 bits per heavy atom. The second-order valence-corrected chi connectivity index (χ2v) is 12.8. The molecule has 3 nitrogen and oxygen atoms in total. The molecule has 3 heteroatoms. The Balaban J connectivity index is 1.32. The molecule has 0 saturated heterocycles. The number of nitrogens with zero attached hydrogens (tertiary/aromatic N) is 1. The number of anilines is 1. The van der Waals surface area contributed by atoms with E-state index >= 15 is 0 Å². The summed E-state index contributed by atoms with van der Waals surface area (Å²) >= 11 is 0. The lowest BCUT2D eigenvalue weighted by molar-refractivity contribution is 0.688. The number of aromatic nitrogens is 1. The van der Waals surface area contributed by atoms with Crippen molar-refractivity contribution in [2.24, 2.45) is 0 Å². The van der Waals surface area contributed by atoms with Crippen LogP contribution in [0.3, 0.4) is 0 Å². The Bertz CT molecular complexity index is 2250. The highest BCUT2D eigenvalue weighted by molar-refractivity contribution is 6.10. The Morgan fingerprint density at radius 1 is 0.837 bits per heavy atom. The molecule has 0 bridgehead atoms. The van der Waals surface area contributed by atoms with E-state index < -0.39 is 0 Å². The van der Waals surface area contributed by atoms with Crippen molar-refractivity contribution in [3.8, 4) is 5.69 Å². The van der Waals surface area contributed by atoms with Gasteiger partial charge in [-0.2, -0.15) is 0 Å². The van der Waals surface area contributed by atoms with Gasteiger partial charge in [-0.15, -0.1) is 0 Å². The summed E-state index contributed by atoms with van der Waals surface area (Å²) in [5.74, 6) is 0. The zero-order chi connectivity index (χ0) is 33.6. The van der Waals surface area contributed by atoms with E-state index in [9.17, 15) is 0 Å². The summed E-state index contributed by atoms with van der Waals surface area (Å²) in [6.45, 7) is 6.58. The van der Waals surface area contributed by atoms with Gasteiger partial charge in [-0.1, -0.05) is 128 Å². The zero-order valence-corrected chi connectivity index (χ0v) is 28.1. The summed E-state index contributed by atoms with van der Waals surface area (Å²) in [4.78, 5) is 0. The summed E-state index contributed by atoms with van der Waals surface area (Å²) in [6.07, 6.45) is 29.1. The number of benzene rings is 4. The molecule has 0 spiro atoms. The average Bonchev–Trinajstić information content (AvgIpc) is 3.46. The first kappa shape index (κ1) is 31.8. The summed E-state index contributed by atoms with van der Waals surface area (Å²) < 4.78 is 2.38. The highest BCUT2D eigenvalue weighted by Crippen LogP contribution is 2.36. The fraction of sp³-hybridized carbons (Fsp3) is 0.130. The zero-order valence-electron chi connectivity index (χ0n) is 28.1. The van der Waals surface area contributed by atoms with Crippen molar-refractivity contribution in [3.63, 3.8) is 0 Å². The van der Waals surface area contributed by atoms with Crippen LogP contribution in [0.2, 0.25) is 0 Å². The predicted molar refractivity (Wildman–Crippen MR) is 212 cm³/mol. The number of nitrogens with one attached hydrogen (secondary N) is 1. The molecular weight excluding hydrogens is 595 g/mol. The lowest BCUT2D eigenvalue weighted by atomic mass is 9.89. The van der Waals surface area contributed by atoms with Crippen molar-refractivity contribution < 1.29 is 0 Å². The van der Waals surface area contributed by atoms with E-state index in [1.165, 1.54) is 55.2 Å². The molecule has 2 aliphatic rings. The first-order valence-electron chi connectivity index (χ1n) is 17.2. The van der Waals surface area contributed by atoms with Crippen LogP contribution in [0, 0.1) is 0 Å². The number of fused-ring (bicyclic) bond motifs is 4. The number of para-hydroxylation sites is 1. The quantitative estimate of drug-likeness (QED) is 0.144. The van der Waals surface area contributed by atoms with Gasteiger partial charge < -0.3 is 15.6 Å². The van der Waals surface area contributed by atoms with Gasteiger partial charge >= 0.3 is 0 Å². The van der Waals surface area contributed by atoms with Gasteiger partial charge in [0.2, 0.25) is 0 Å². The molecule has 0 fully saturated rings. The van der Waals surface area contributed by atoms with Gasteiger partial charge in [0.15, 0.2) is 0 Å². The minimum absolute atomic E-state index is 0.150. The van der Waals surface area contributed by atoms with Crippen LogP contribution in [0.1, 0.15) is 48.4 Å². The third kappa shape index (κ3) is 6.93. The van der Waals surface area contributed by atoms with E-state index in [0.29, 0.717) is 0 Å². The van der Waals surface area contributed by atoms with Gasteiger partial charge in [0, 0.05) is 34.4 Å². The van der Waals surface area contributed by atoms with Gasteiger partial charge in [0.25, 0.3) is 0 Å². The molecule has 49 heavy (non-hydrogen) atoms. The van der Waals surface area contributed by atoms with E-state index in [1.807, 2.05) is 43.4 Å². The lowest BCUT2D eigenvalue weighted by Gasteiger charge is -2.22. The number of hydrogen-bond acceptors (Lipinski definition) is 2. The fourth-order valence-electron chi connectivity index (χ4n) is 6.98. The molecule has 1 aliphatic carbocycles. The molecule has 5 aromatic rings. The van der Waals surface area contributed by atoms with E-state index in [4.69, 9.17) is 5.73 Å². The van der Waals surface area contributed by atoms with Crippen LogP contribution in [0.5, 0.6) is 0 Å². The van der Waals surface area contributed by atoms with Crippen molar-refractivity contribution in [3.05, 3.63) is 186 Å². The number of allylic oxidation sites excluding steroid dienone is 12. The van der Waals surface area contributed by atoms with Crippen LogP contribution >= 0.6 is 0 Å². The van der Waals surface area contributed by atoms with Crippen LogP contribution in [-0.4, -0.2) is 10.6 Å². The minimum atomic E-state index is 0.150. The summed E-state index contributed by atoms with van der Waals surface area (Å²) in [5.41, 5.74) is 19.3.